The number of nitrogens with zero attached hydrogens (tertiary/aromatic N) is 3. The maximum atomic E-state index is 6.00. The Balaban J connectivity index is 2.16. The monoisotopic (exact) mass is 277 g/mol. The van der Waals surface area contributed by atoms with Gasteiger partial charge < -0.3 is 9.64 Å². The van der Waals surface area contributed by atoms with Crippen LogP contribution in [0.25, 0.3) is 0 Å². The van der Waals surface area contributed by atoms with Crippen LogP contribution >= 0.6 is 11.6 Å². The van der Waals surface area contributed by atoms with Crippen LogP contribution in [0.2, 0.25) is 5.15 Å². The third-order valence-corrected chi connectivity index (χ3v) is 2.85. The minimum atomic E-state index is 0.354. The molecule has 0 atom stereocenters. The van der Waals surface area contributed by atoms with Gasteiger partial charge in [0.2, 0.25) is 0 Å². The minimum absolute atomic E-state index is 0.354. The number of aromatic nitrogens is 2. The first-order valence-corrected chi connectivity index (χ1v) is 6.34. The zero-order chi connectivity index (χ0) is 13.7. The van der Waals surface area contributed by atoms with Gasteiger partial charge in [0.25, 0.3) is 0 Å². The molecule has 0 aliphatic rings. The first-order chi connectivity index (χ1) is 9.19. The molecule has 0 aliphatic carbocycles. The van der Waals surface area contributed by atoms with E-state index in [9.17, 15) is 0 Å². The summed E-state index contributed by atoms with van der Waals surface area (Å²) in [5, 5.41) is 0.428. The molecule has 1 heterocycles. The Hall–Kier alpha value is -1.65. The van der Waals surface area contributed by atoms with Gasteiger partial charge in [-0.3, -0.25) is 0 Å². The zero-order valence-electron chi connectivity index (χ0n) is 11.0. The zero-order valence-corrected chi connectivity index (χ0v) is 11.8. The van der Waals surface area contributed by atoms with Crippen LogP contribution in [-0.2, 0) is 17.9 Å². The molecular formula is C14H16ClN3O. The molecule has 19 heavy (non-hydrogen) atoms. The van der Waals surface area contributed by atoms with E-state index in [1.54, 1.807) is 13.2 Å². The van der Waals surface area contributed by atoms with Crippen molar-refractivity contribution in [2.24, 2.45) is 0 Å². The molecule has 0 N–H and O–H groups in total. The maximum Gasteiger partial charge on any atom is 0.158 e. The van der Waals surface area contributed by atoms with E-state index in [0.29, 0.717) is 17.6 Å². The van der Waals surface area contributed by atoms with Crippen molar-refractivity contribution in [3.8, 4) is 0 Å². The average molecular weight is 278 g/mol. The highest BCUT2D eigenvalue weighted by Crippen LogP contribution is 2.17. The molecule has 0 bridgehead atoms. The van der Waals surface area contributed by atoms with E-state index in [-0.39, 0.29) is 0 Å². The number of methoxy groups -OCH3 is 1. The summed E-state index contributed by atoms with van der Waals surface area (Å²) in [6.07, 6.45) is 0. The van der Waals surface area contributed by atoms with Gasteiger partial charge in [-0.1, -0.05) is 41.9 Å². The molecule has 0 radical (unpaired) electrons. The lowest BCUT2D eigenvalue weighted by Crippen LogP contribution is -2.18. The molecule has 0 saturated carbocycles. The predicted octanol–water partition coefficient (Wildman–Crippen LogP) is 2.91. The fourth-order valence-corrected chi connectivity index (χ4v) is 1.97. The number of hydrogen-bond acceptors (Lipinski definition) is 4. The van der Waals surface area contributed by atoms with Gasteiger partial charge in [0.1, 0.15) is 17.6 Å². The van der Waals surface area contributed by atoms with E-state index < -0.39 is 0 Å². The van der Waals surface area contributed by atoms with Crippen molar-refractivity contribution >= 4 is 17.4 Å². The van der Waals surface area contributed by atoms with Gasteiger partial charge in [0.05, 0.1) is 0 Å². The Kier molecular flexibility index (Phi) is 4.71. The van der Waals surface area contributed by atoms with Gasteiger partial charge in [0, 0.05) is 26.8 Å². The highest BCUT2D eigenvalue weighted by molar-refractivity contribution is 6.29. The number of rotatable bonds is 5. The van der Waals surface area contributed by atoms with Crippen LogP contribution in [0.4, 0.5) is 5.82 Å². The summed E-state index contributed by atoms with van der Waals surface area (Å²) in [6.45, 7) is 1.12. The van der Waals surface area contributed by atoms with E-state index >= 15 is 0 Å². The van der Waals surface area contributed by atoms with Crippen molar-refractivity contribution in [3.05, 3.63) is 52.9 Å². The summed E-state index contributed by atoms with van der Waals surface area (Å²) < 4.78 is 5.03. The molecule has 0 spiro atoms. The molecule has 0 aliphatic heterocycles. The van der Waals surface area contributed by atoms with Crippen LogP contribution in [0.3, 0.4) is 0 Å². The summed E-state index contributed by atoms with van der Waals surface area (Å²) >= 11 is 6.00. The molecular weight excluding hydrogens is 262 g/mol. The van der Waals surface area contributed by atoms with Gasteiger partial charge in [-0.05, 0) is 5.56 Å². The van der Waals surface area contributed by atoms with Gasteiger partial charge in [-0.25, -0.2) is 9.97 Å². The van der Waals surface area contributed by atoms with Crippen LogP contribution in [-0.4, -0.2) is 24.1 Å². The van der Waals surface area contributed by atoms with Crippen LogP contribution < -0.4 is 4.90 Å². The molecule has 100 valence electrons. The SMILES string of the molecule is COCc1nc(Cl)cc(N(C)Cc2ccccc2)n1. The highest BCUT2D eigenvalue weighted by atomic mass is 35.5. The van der Waals surface area contributed by atoms with Gasteiger partial charge in [0.15, 0.2) is 5.82 Å². The summed E-state index contributed by atoms with van der Waals surface area (Å²) in [5.41, 5.74) is 1.22. The second-order valence-electron chi connectivity index (χ2n) is 4.24. The molecule has 0 fully saturated rings. The summed E-state index contributed by atoms with van der Waals surface area (Å²) in [4.78, 5) is 10.6. The van der Waals surface area contributed by atoms with Crippen molar-refractivity contribution in [1.29, 1.82) is 0 Å². The molecule has 2 aromatic rings. The van der Waals surface area contributed by atoms with E-state index in [0.717, 1.165) is 12.4 Å². The Morgan fingerprint density at radius 1 is 1.21 bits per heavy atom. The predicted molar refractivity (Wildman–Crippen MR) is 76.3 cm³/mol. The Morgan fingerprint density at radius 3 is 2.63 bits per heavy atom. The van der Waals surface area contributed by atoms with Crippen LogP contribution in [0.5, 0.6) is 0 Å². The molecule has 0 unspecified atom stereocenters. The van der Waals surface area contributed by atoms with Crippen molar-refractivity contribution < 1.29 is 4.74 Å². The number of benzene rings is 1. The van der Waals surface area contributed by atoms with Crippen molar-refractivity contribution in [1.82, 2.24) is 9.97 Å². The minimum Gasteiger partial charge on any atom is -0.377 e. The number of halogens is 1. The largest absolute Gasteiger partial charge is 0.377 e. The van der Waals surface area contributed by atoms with Gasteiger partial charge in [-0.2, -0.15) is 0 Å². The molecule has 2 rings (SSSR count). The van der Waals surface area contributed by atoms with Gasteiger partial charge >= 0.3 is 0 Å². The first kappa shape index (κ1) is 13.8. The van der Waals surface area contributed by atoms with Crippen LogP contribution in [0, 0.1) is 0 Å². The van der Waals surface area contributed by atoms with E-state index in [1.807, 2.05) is 30.1 Å². The van der Waals surface area contributed by atoms with E-state index in [4.69, 9.17) is 16.3 Å². The Labute approximate surface area is 118 Å². The lowest BCUT2D eigenvalue weighted by atomic mass is 10.2. The topological polar surface area (TPSA) is 38.2 Å². The smallest absolute Gasteiger partial charge is 0.158 e. The second kappa shape index (κ2) is 6.50. The quantitative estimate of drug-likeness (QED) is 0.788. The van der Waals surface area contributed by atoms with E-state index in [1.165, 1.54) is 5.56 Å². The highest BCUT2D eigenvalue weighted by Gasteiger charge is 2.08. The third-order valence-electron chi connectivity index (χ3n) is 2.65. The summed E-state index contributed by atoms with van der Waals surface area (Å²) in [6, 6.07) is 12.0. The maximum absolute atomic E-state index is 6.00. The first-order valence-electron chi connectivity index (χ1n) is 5.96. The molecule has 1 aromatic carbocycles. The standard InChI is InChI=1S/C14H16ClN3O/c1-18(9-11-6-4-3-5-7-11)14-8-12(15)16-13(17-14)10-19-2/h3-8H,9-10H2,1-2H3. The van der Waals surface area contributed by atoms with Crippen LogP contribution in [0.1, 0.15) is 11.4 Å². The van der Waals surface area contributed by atoms with Crippen molar-refractivity contribution in [3.63, 3.8) is 0 Å². The fraction of sp³-hybridized carbons (Fsp3) is 0.286. The van der Waals surface area contributed by atoms with Crippen molar-refractivity contribution in [2.75, 3.05) is 19.1 Å². The van der Waals surface area contributed by atoms with E-state index in [2.05, 4.69) is 22.1 Å². The molecule has 1 aromatic heterocycles. The summed E-state index contributed by atoms with van der Waals surface area (Å²) in [7, 11) is 3.58. The number of ether oxygens (including phenoxy) is 1. The third kappa shape index (κ3) is 3.91. The fourth-order valence-electron chi connectivity index (χ4n) is 1.78. The molecule has 4 nitrogen and oxygen atoms in total. The Bertz CT molecular complexity index is 533. The van der Waals surface area contributed by atoms with Crippen LogP contribution in [0.15, 0.2) is 36.4 Å². The Morgan fingerprint density at radius 2 is 1.95 bits per heavy atom. The molecule has 5 heteroatoms. The molecule has 0 saturated heterocycles. The number of hydrogen-bond donors (Lipinski definition) is 0. The normalized spacial score (nSPS) is 10.5. The lowest BCUT2D eigenvalue weighted by Gasteiger charge is -2.19. The summed E-state index contributed by atoms with van der Waals surface area (Å²) in [5.74, 6) is 1.38. The number of anilines is 1. The lowest BCUT2D eigenvalue weighted by molar-refractivity contribution is 0.178. The van der Waals surface area contributed by atoms with Crippen molar-refractivity contribution in [2.45, 2.75) is 13.2 Å². The second-order valence-corrected chi connectivity index (χ2v) is 4.63. The molecule has 0 amide bonds. The van der Waals surface area contributed by atoms with Gasteiger partial charge in [-0.15, -0.1) is 0 Å². The average Bonchev–Trinajstić information content (AvgIpc) is 2.39.